The van der Waals surface area contributed by atoms with Gasteiger partial charge in [0.1, 0.15) is 11.5 Å². The van der Waals surface area contributed by atoms with E-state index in [-0.39, 0.29) is 23.1 Å². The molecule has 0 bridgehead atoms. The number of carbonyl (C=O) groups is 2. The van der Waals surface area contributed by atoms with Crippen molar-refractivity contribution in [1.29, 1.82) is 0 Å². The van der Waals surface area contributed by atoms with Gasteiger partial charge in [0.2, 0.25) is 0 Å². The molecule has 3 rings (SSSR count). The first kappa shape index (κ1) is 19.1. The summed E-state index contributed by atoms with van der Waals surface area (Å²) in [5, 5.41) is 15.3. The number of hydrogen-bond donors (Lipinski definition) is 1. The molecule has 0 unspecified atom stereocenters. The average Bonchev–Trinajstić information content (AvgIpc) is 3.23. The predicted molar refractivity (Wildman–Crippen MR) is 103 cm³/mol. The molecule has 142 valence electrons. The molecular weight excluding hydrogens is 384 g/mol. The van der Waals surface area contributed by atoms with Gasteiger partial charge in [-0.1, -0.05) is 12.1 Å². The zero-order valence-corrected chi connectivity index (χ0v) is 15.2. The van der Waals surface area contributed by atoms with Gasteiger partial charge in [-0.05, 0) is 41.8 Å². The van der Waals surface area contributed by atoms with E-state index >= 15 is 0 Å². The van der Waals surface area contributed by atoms with Crippen LogP contribution >= 0.6 is 11.3 Å². The van der Waals surface area contributed by atoms with Crippen molar-refractivity contribution < 1.29 is 24.0 Å². The number of non-ortho nitro benzene ring substituents is 1. The van der Waals surface area contributed by atoms with Crippen LogP contribution in [0.5, 0.6) is 11.5 Å². The van der Waals surface area contributed by atoms with Crippen LogP contribution in [0.1, 0.15) is 9.67 Å². The molecule has 1 N–H and O–H groups in total. The second-order valence-electron chi connectivity index (χ2n) is 5.47. The Morgan fingerprint density at radius 3 is 2.50 bits per heavy atom. The second-order valence-corrected chi connectivity index (χ2v) is 6.42. The molecule has 0 atom stereocenters. The minimum absolute atomic E-state index is 0.133. The first-order valence-corrected chi connectivity index (χ1v) is 8.92. The topological polar surface area (TPSA) is 108 Å². The Balaban J connectivity index is 1.51. The maximum Gasteiger partial charge on any atom is 0.349 e. The fourth-order valence-corrected chi connectivity index (χ4v) is 2.82. The third kappa shape index (κ3) is 5.15. The molecule has 8 nitrogen and oxygen atoms in total. The monoisotopic (exact) mass is 398 g/mol. The van der Waals surface area contributed by atoms with Crippen LogP contribution in [0.4, 0.5) is 11.4 Å². The van der Waals surface area contributed by atoms with Crippen LogP contribution < -0.4 is 14.8 Å². The lowest BCUT2D eigenvalue weighted by Gasteiger charge is -2.08. The van der Waals surface area contributed by atoms with Crippen molar-refractivity contribution in [2.45, 2.75) is 0 Å². The zero-order chi connectivity index (χ0) is 19.9. The van der Waals surface area contributed by atoms with E-state index < -0.39 is 17.5 Å². The first-order valence-electron chi connectivity index (χ1n) is 8.04. The summed E-state index contributed by atoms with van der Waals surface area (Å²) < 4.78 is 10.4. The van der Waals surface area contributed by atoms with Crippen LogP contribution in [-0.4, -0.2) is 23.4 Å². The van der Waals surface area contributed by atoms with Gasteiger partial charge in [-0.15, -0.1) is 11.3 Å². The van der Waals surface area contributed by atoms with Crippen molar-refractivity contribution in [3.05, 3.63) is 81.0 Å². The summed E-state index contributed by atoms with van der Waals surface area (Å²) in [7, 11) is 0. The van der Waals surface area contributed by atoms with Gasteiger partial charge in [-0.25, -0.2) is 4.79 Å². The summed E-state index contributed by atoms with van der Waals surface area (Å²) in [6.07, 6.45) is 0. The largest absolute Gasteiger partial charge is 0.482 e. The predicted octanol–water partition coefficient (Wildman–Crippen LogP) is 3.89. The number of carbonyl (C=O) groups excluding carboxylic acids is 2. The number of nitro groups is 1. The normalized spacial score (nSPS) is 10.1. The average molecular weight is 398 g/mol. The Hall–Kier alpha value is -3.72. The van der Waals surface area contributed by atoms with E-state index in [1.807, 2.05) is 5.38 Å². The van der Waals surface area contributed by atoms with Gasteiger partial charge in [-0.2, -0.15) is 0 Å². The molecule has 0 aliphatic rings. The summed E-state index contributed by atoms with van der Waals surface area (Å²) in [5.41, 5.74) is 0.428. The van der Waals surface area contributed by atoms with Gasteiger partial charge in [0.05, 0.1) is 15.9 Å². The molecule has 0 fully saturated rings. The smallest absolute Gasteiger partial charge is 0.349 e. The molecule has 9 heteroatoms. The summed E-state index contributed by atoms with van der Waals surface area (Å²) in [6.45, 7) is -0.405. The van der Waals surface area contributed by atoms with Crippen molar-refractivity contribution in [2.24, 2.45) is 0 Å². The van der Waals surface area contributed by atoms with E-state index in [1.165, 1.54) is 47.7 Å². The van der Waals surface area contributed by atoms with Gasteiger partial charge in [0.15, 0.2) is 6.61 Å². The molecule has 1 amide bonds. The van der Waals surface area contributed by atoms with Crippen molar-refractivity contribution in [2.75, 3.05) is 11.9 Å². The molecule has 0 saturated heterocycles. The van der Waals surface area contributed by atoms with Gasteiger partial charge >= 0.3 is 5.97 Å². The van der Waals surface area contributed by atoms with Gasteiger partial charge < -0.3 is 14.8 Å². The molecule has 0 aliphatic heterocycles. The minimum Gasteiger partial charge on any atom is -0.482 e. The molecule has 1 aromatic heterocycles. The number of hydrogen-bond acceptors (Lipinski definition) is 7. The lowest BCUT2D eigenvalue weighted by atomic mass is 10.3. The minimum atomic E-state index is -0.665. The molecule has 0 spiro atoms. The highest BCUT2D eigenvalue weighted by Crippen LogP contribution is 2.20. The van der Waals surface area contributed by atoms with Crippen molar-refractivity contribution in [3.63, 3.8) is 0 Å². The molecule has 0 saturated carbocycles. The number of ether oxygens (including phenoxy) is 2. The number of esters is 1. The summed E-state index contributed by atoms with van der Waals surface area (Å²) in [5.74, 6) is -0.411. The molecule has 3 aromatic rings. The van der Waals surface area contributed by atoms with Crippen LogP contribution in [0.15, 0.2) is 66.0 Å². The summed E-state index contributed by atoms with van der Waals surface area (Å²) in [4.78, 5) is 34.6. The number of nitrogens with zero attached hydrogens (tertiary/aromatic N) is 1. The maximum absolute atomic E-state index is 12.0. The van der Waals surface area contributed by atoms with Crippen LogP contribution in [-0.2, 0) is 4.79 Å². The lowest BCUT2D eigenvalue weighted by molar-refractivity contribution is -0.384. The Morgan fingerprint density at radius 1 is 1.04 bits per heavy atom. The number of nitro benzene ring substituents is 1. The van der Waals surface area contributed by atoms with E-state index in [9.17, 15) is 19.7 Å². The highest BCUT2D eigenvalue weighted by molar-refractivity contribution is 7.12. The van der Waals surface area contributed by atoms with E-state index in [4.69, 9.17) is 9.47 Å². The maximum atomic E-state index is 12.0. The molecule has 0 radical (unpaired) electrons. The molecule has 1 heterocycles. The molecule has 0 aliphatic carbocycles. The van der Waals surface area contributed by atoms with Gasteiger partial charge in [0.25, 0.3) is 11.6 Å². The lowest BCUT2D eigenvalue weighted by Crippen LogP contribution is -2.17. The number of nitrogens with one attached hydrogen (secondary N) is 1. The third-order valence-electron chi connectivity index (χ3n) is 3.47. The Morgan fingerprint density at radius 2 is 1.82 bits per heavy atom. The zero-order valence-electron chi connectivity index (χ0n) is 14.4. The quantitative estimate of drug-likeness (QED) is 0.280. The van der Waals surface area contributed by atoms with E-state index in [1.54, 1.807) is 24.3 Å². The number of rotatable bonds is 7. The Bertz CT molecular complexity index is 986. The Labute approximate surface area is 163 Å². The first-order chi connectivity index (χ1) is 13.5. The fraction of sp³-hybridized carbons (Fsp3) is 0.0526. The number of amides is 1. The highest BCUT2D eigenvalue weighted by Gasteiger charge is 2.11. The van der Waals surface area contributed by atoms with Crippen molar-refractivity contribution in [3.8, 4) is 11.5 Å². The fourth-order valence-electron chi connectivity index (χ4n) is 2.20. The third-order valence-corrected chi connectivity index (χ3v) is 4.34. The van der Waals surface area contributed by atoms with Crippen LogP contribution in [0.25, 0.3) is 0 Å². The summed E-state index contributed by atoms with van der Waals surface area (Å²) in [6, 6.07) is 15.3. The van der Waals surface area contributed by atoms with Gasteiger partial charge in [0, 0.05) is 11.8 Å². The highest BCUT2D eigenvalue weighted by atomic mass is 32.1. The number of anilines is 1. The second kappa shape index (κ2) is 8.78. The van der Waals surface area contributed by atoms with E-state index in [0.717, 1.165) is 0 Å². The van der Waals surface area contributed by atoms with Crippen molar-refractivity contribution >= 4 is 34.6 Å². The van der Waals surface area contributed by atoms with E-state index in [2.05, 4.69) is 5.32 Å². The Kier molecular flexibility index (Phi) is 5.97. The van der Waals surface area contributed by atoms with Crippen LogP contribution in [0, 0.1) is 10.1 Å². The van der Waals surface area contributed by atoms with Crippen molar-refractivity contribution in [1.82, 2.24) is 0 Å². The number of thiophene rings is 1. The van der Waals surface area contributed by atoms with Crippen LogP contribution in [0.3, 0.4) is 0 Å². The number of benzene rings is 2. The van der Waals surface area contributed by atoms with Crippen LogP contribution in [0.2, 0.25) is 0 Å². The molecule has 2 aromatic carbocycles. The SMILES string of the molecule is O=C(COc1cccc([N+](=O)[O-])c1)Oc1ccc(NC(=O)c2cccs2)cc1. The van der Waals surface area contributed by atoms with Gasteiger partial charge in [-0.3, -0.25) is 14.9 Å². The summed E-state index contributed by atoms with van der Waals surface area (Å²) >= 11 is 1.34. The molecule has 28 heavy (non-hydrogen) atoms. The standard InChI is InChI=1S/C19H14N2O6S/c22-18(12-26-16-4-1-3-14(11-16)21(24)25)27-15-8-6-13(7-9-15)20-19(23)17-5-2-10-28-17/h1-11H,12H2,(H,20,23). The molecular formula is C19H14N2O6S. The van der Waals surface area contributed by atoms with E-state index in [0.29, 0.717) is 10.6 Å².